The summed E-state index contributed by atoms with van der Waals surface area (Å²) < 4.78 is 35.0. The van der Waals surface area contributed by atoms with Gasteiger partial charge in [0.05, 0.1) is 24.0 Å². The Morgan fingerprint density at radius 1 is 0.946 bits per heavy atom. The molecule has 4 rings (SSSR count). The molecule has 10 heteroatoms. The van der Waals surface area contributed by atoms with E-state index in [4.69, 9.17) is 27.9 Å². The molecule has 1 fully saturated rings. The second-order valence-electron chi connectivity index (χ2n) is 9.14. The van der Waals surface area contributed by atoms with Crippen molar-refractivity contribution in [2.45, 2.75) is 41.0 Å². The van der Waals surface area contributed by atoms with Gasteiger partial charge in [0, 0.05) is 26.2 Å². The number of thioether (sulfide) groups is 1. The number of hydrogen-bond donors (Lipinski definition) is 1. The lowest BCUT2D eigenvalue weighted by atomic mass is 9.91. The van der Waals surface area contributed by atoms with Crippen LogP contribution in [0.4, 0.5) is 0 Å². The fraction of sp³-hybridized carbons (Fsp3) is 0.296. The van der Waals surface area contributed by atoms with Gasteiger partial charge in [-0.3, -0.25) is 4.79 Å². The monoisotopic (exact) mass is 579 g/mol. The largest absolute Gasteiger partial charge is 0.497 e. The predicted molar refractivity (Wildman–Crippen MR) is 147 cm³/mol. The van der Waals surface area contributed by atoms with Gasteiger partial charge in [0.2, 0.25) is 10.0 Å². The summed E-state index contributed by atoms with van der Waals surface area (Å²) in [6, 6.07) is 18.4. The lowest BCUT2D eigenvalue weighted by molar-refractivity contribution is -0.142. The van der Waals surface area contributed by atoms with Crippen molar-refractivity contribution in [3.8, 4) is 5.75 Å². The topological polar surface area (TPSA) is 83.9 Å². The van der Waals surface area contributed by atoms with Crippen molar-refractivity contribution >= 4 is 51.0 Å². The number of halogens is 2. The molecule has 0 bridgehead atoms. The van der Waals surface area contributed by atoms with Gasteiger partial charge in [-0.25, -0.2) is 8.42 Å². The maximum absolute atomic E-state index is 14.2. The Morgan fingerprint density at radius 3 is 1.97 bits per heavy atom. The van der Waals surface area contributed by atoms with Gasteiger partial charge in [0.25, 0.3) is 0 Å². The second-order valence-corrected chi connectivity index (χ2v) is 13.1. The first kappa shape index (κ1) is 27.8. The molecule has 1 saturated heterocycles. The van der Waals surface area contributed by atoms with E-state index in [1.807, 2.05) is 26.0 Å². The van der Waals surface area contributed by atoms with E-state index in [0.717, 1.165) is 4.90 Å². The third-order valence-corrected chi connectivity index (χ3v) is 10.3. The molecule has 0 amide bonds. The molecule has 37 heavy (non-hydrogen) atoms. The van der Waals surface area contributed by atoms with Gasteiger partial charge in [-0.1, -0.05) is 49.2 Å². The molecule has 4 atom stereocenters. The predicted octanol–water partition coefficient (Wildman–Crippen LogP) is 6.63. The van der Waals surface area contributed by atoms with Crippen molar-refractivity contribution in [3.63, 3.8) is 0 Å². The average molecular weight is 581 g/mol. The van der Waals surface area contributed by atoms with E-state index in [1.54, 1.807) is 43.5 Å². The maximum atomic E-state index is 14.2. The van der Waals surface area contributed by atoms with Crippen molar-refractivity contribution in [2.24, 2.45) is 11.8 Å². The lowest BCUT2D eigenvalue weighted by Gasteiger charge is -2.33. The van der Waals surface area contributed by atoms with Crippen LogP contribution in [0.15, 0.2) is 82.6 Å². The molecule has 1 aliphatic heterocycles. The summed E-state index contributed by atoms with van der Waals surface area (Å²) in [5.41, 5.74) is 0.567. The molecule has 0 radical (unpaired) electrons. The highest BCUT2D eigenvalue weighted by Gasteiger charge is 2.58. The zero-order valence-electron chi connectivity index (χ0n) is 20.4. The summed E-state index contributed by atoms with van der Waals surface area (Å²) in [6.07, 6.45) is 0. The zero-order valence-corrected chi connectivity index (χ0v) is 23.6. The minimum Gasteiger partial charge on any atom is -0.497 e. The van der Waals surface area contributed by atoms with Crippen LogP contribution in [-0.4, -0.2) is 42.2 Å². The van der Waals surface area contributed by atoms with Gasteiger partial charge in [-0.05, 0) is 72.1 Å². The van der Waals surface area contributed by atoms with Crippen LogP contribution in [-0.2, 0) is 14.8 Å². The molecule has 1 unspecified atom stereocenters. The first-order chi connectivity index (χ1) is 17.5. The molecule has 0 saturated carbocycles. The second kappa shape index (κ2) is 11.3. The summed E-state index contributed by atoms with van der Waals surface area (Å²) in [6.45, 7) is 3.83. The maximum Gasteiger partial charge on any atom is 0.309 e. The van der Waals surface area contributed by atoms with Crippen LogP contribution >= 0.6 is 35.0 Å². The number of sulfonamides is 1. The number of methoxy groups -OCH3 is 1. The normalized spacial score (nSPS) is 22.3. The molecule has 1 N–H and O–H groups in total. The van der Waals surface area contributed by atoms with Gasteiger partial charge in [-0.2, -0.15) is 4.31 Å². The van der Waals surface area contributed by atoms with Crippen molar-refractivity contribution in [2.75, 3.05) is 7.11 Å². The molecule has 3 aromatic carbocycles. The van der Waals surface area contributed by atoms with Crippen LogP contribution in [0.25, 0.3) is 0 Å². The summed E-state index contributed by atoms with van der Waals surface area (Å²) in [5, 5.41) is 10.8. The number of aliphatic carboxylic acids is 1. The van der Waals surface area contributed by atoms with Crippen molar-refractivity contribution in [3.05, 3.63) is 88.4 Å². The van der Waals surface area contributed by atoms with E-state index in [0.29, 0.717) is 21.4 Å². The van der Waals surface area contributed by atoms with E-state index in [2.05, 4.69) is 0 Å². The third kappa shape index (κ3) is 5.64. The first-order valence-corrected chi connectivity index (χ1v) is 14.7. The number of carboxylic acids is 1. The van der Waals surface area contributed by atoms with Gasteiger partial charge in [-0.15, -0.1) is 11.8 Å². The SMILES string of the molecule is COc1ccc(S[C@@H]2C(C(C)C)N(S(=O)(=O)c3ccc(Cl)cc3)[C@@H](c3ccc(Cl)cc3)[C@@H]2C(=O)O)cc1. The van der Waals surface area contributed by atoms with Crippen LogP contribution in [0, 0.1) is 11.8 Å². The van der Waals surface area contributed by atoms with Gasteiger partial charge >= 0.3 is 5.97 Å². The Balaban J connectivity index is 1.91. The van der Waals surface area contributed by atoms with Gasteiger partial charge < -0.3 is 9.84 Å². The van der Waals surface area contributed by atoms with Crippen LogP contribution in [0.5, 0.6) is 5.75 Å². The molecule has 3 aromatic rings. The van der Waals surface area contributed by atoms with Crippen LogP contribution < -0.4 is 4.74 Å². The van der Waals surface area contributed by atoms with Crippen LogP contribution in [0.3, 0.4) is 0 Å². The highest BCUT2D eigenvalue weighted by atomic mass is 35.5. The Kier molecular flexibility index (Phi) is 8.45. The fourth-order valence-electron chi connectivity index (χ4n) is 4.84. The zero-order chi connectivity index (χ0) is 26.9. The lowest BCUT2D eigenvalue weighted by Crippen LogP contribution is -2.43. The highest BCUT2D eigenvalue weighted by molar-refractivity contribution is 8.00. The van der Waals surface area contributed by atoms with Gasteiger partial charge in [0.1, 0.15) is 5.75 Å². The Labute approximate surface area is 231 Å². The standard InChI is InChI=1S/C27H27Cl2NO5S2/c1-16(2)24-26(36-21-12-10-20(35-3)11-13-21)23(27(31)32)25(17-4-6-18(28)7-5-17)30(24)37(33,34)22-14-8-19(29)9-15-22/h4-16,23-26H,1-3H3,(H,31,32)/t23-,24?,25-,26-/m0/s1. The number of benzene rings is 3. The summed E-state index contributed by atoms with van der Waals surface area (Å²) >= 11 is 13.5. The molecule has 0 aliphatic carbocycles. The van der Waals surface area contributed by atoms with Crippen molar-refractivity contribution < 1.29 is 23.1 Å². The van der Waals surface area contributed by atoms with Crippen LogP contribution in [0.1, 0.15) is 25.5 Å². The minimum atomic E-state index is -4.11. The van der Waals surface area contributed by atoms with E-state index in [9.17, 15) is 18.3 Å². The molecular formula is C27H27Cl2NO5S2. The third-order valence-electron chi connectivity index (χ3n) is 6.50. The molecule has 196 valence electrons. The molecule has 1 heterocycles. The highest BCUT2D eigenvalue weighted by Crippen LogP contribution is 2.52. The Morgan fingerprint density at radius 2 is 1.49 bits per heavy atom. The Hall–Kier alpha value is -2.23. The van der Waals surface area contributed by atoms with E-state index in [-0.39, 0.29) is 10.8 Å². The summed E-state index contributed by atoms with van der Waals surface area (Å²) in [7, 11) is -2.54. The smallest absolute Gasteiger partial charge is 0.309 e. The number of carbonyl (C=O) groups is 1. The summed E-state index contributed by atoms with van der Waals surface area (Å²) in [4.78, 5) is 13.8. The average Bonchev–Trinajstić information content (AvgIpc) is 3.21. The van der Waals surface area contributed by atoms with E-state index in [1.165, 1.54) is 40.3 Å². The first-order valence-electron chi connectivity index (χ1n) is 11.6. The van der Waals surface area contributed by atoms with E-state index < -0.39 is 39.2 Å². The molecule has 1 aliphatic rings. The number of ether oxygens (including phenoxy) is 1. The molecular weight excluding hydrogens is 553 g/mol. The number of hydrogen-bond acceptors (Lipinski definition) is 5. The number of rotatable bonds is 8. The summed E-state index contributed by atoms with van der Waals surface area (Å²) in [5.74, 6) is -1.60. The van der Waals surface area contributed by atoms with Gasteiger partial charge in [0.15, 0.2) is 0 Å². The Bertz CT molecular complexity index is 1350. The quantitative estimate of drug-likeness (QED) is 0.322. The molecule has 0 aromatic heterocycles. The van der Waals surface area contributed by atoms with Crippen LogP contribution in [0.2, 0.25) is 10.0 Å². The number of nitrogens with zero attached hydrogens (tertiary/aromatic N) is 1. The van der Waals surface area contributed by atoms with Crippen molar-refractivity contribution in [1.82, 2.24) is 4.31 Å². The molecule has 6 nitrogen and oxygen atoms in total. The van der Waals surface area contributed by atoms with Crippen molar-refractivity contribution in [1.29, 1.82) is 0 Å². The molecule has 0 spiro atoms. The fourth-order valence-corrected chi connectivity index (χ4v) is 8.74. The minimum absolute atomic E-state index is 0.0562. The number of carboxylic acid groups (broad SMARTS) is 1. The van der Waals surface area contributed by atoms with E-state index >= 15 is 0 Å².